The molecule has 2 amide bonds. The van der Waals surface area contributed by atoms with Crippen LogP contribution in [0.15, 0.2) is 0 Å². The van der Waals surface area contributed by atoms with Crippen molar-refractivity contribution in [3.05, 3.63) is 0 Å². The molecule has 1 unspecified atom stereocenters. The van der Waals surface area contributed by atoms with E-state index in [0.717, 1.165) is 26.1 Å². The van der Waals surface area contributed by atoms with E-state index in [2.05, 4.69) is 29.4 Å². The van der Waals surface area contributed by atoms with Crippen molar-refractivity contribution in [2.45, 2.75) is 40.0 Å². The number of carbonyl (C=O) groups excluding carboxylic acids is 1. The summed E-state index contributed by atoms with van der Waals surface area (Å²) in [5, 5.41) is 14.3. The van der Waals surface area contributed by atoms with Gasteiger partial charge >= 0.3 is 12.0 Å². The molecule has 0 bridgehead atoms. The Kier molecular flexibility index (Phi) is 10.8. The zero-order chi connectivity index (χ0) is 15.4. The molecule has 0 aliphatic carbocycles. The Bertz CT molecular complexity index is 281. The Morgan fingerprint density at radius 1 is 1.10 bits per heavy atom. The summed E-state index contributed by atoms with van der Waals surface area (Å²) in [6, 6.07) is -0.174. The van der Waals surface area contributed by atoms with Crippen LogP contribution in [0.3, 0.4) is 0 Å². The number of nitrogens with zero attached hydrogens (tertiary/aromatic N) is 1. The van der Waals surface area contributed by atoms with E-state index in [4.69, 9.17) is 5.11 Å². The molecule has 1 atom stereocenters. The van der Waals surface area contributed by atoms with Crippen molar-refractivity contribution in [1.29, 1.82) is 0 Å². The van der Waals surface area contributed by atoms with Crippen molar-refractivity contribution in [2.24, 2.45) is 5.92 Å². The zero-order valence-corrected chi connectivity index (χ0v) is 12.9. The van der Waals surface area contributed by atoms with E-state index in [1.165, 1.54) is 0 Å². The predicted octanol–water partition coefficient (Wildman–Crippen LogP) is 1.52. The first-order valence-corrected chi connectivity index (χ1v) is 7.48. The molecular formula is C14H29N3O3. The monoisotopic (exact) mass is 287 g/mol. The van der Waals surface area contributed by atoms with Crippen LogP contribution in [-0.4, -0.2) is 54.7 Å². The van der Waals surface area contributed by atoms with Crippen LogP contribution in [0, 0.1) is 5.92 Å². The van der Waals surface area contributed by atoms with Gasteiger partial charge in [0.1, 0.15) is 0 Å². The van der Waals surface area contributed by atoms with Crippen LogP contribution in [0.4, 0.5) is 4.79 Å². The maximum Gasteiger partial charge on any atom is 0.314 e. The maximum atomic E-state index is 11.5. The molecule has 0 spiro atoms. The van der Waals surface area contributed by atoms with Gasteiger partial charge in [0.15, 0.2) is 0 Å². The van der Waals surface area contributed by atoms with Crippen LogP contribution >= 0.6 is 0 Å². The first-order chi connectivity index (χ1) is 9.51. The van der Waals surface area contributed by atoms with E-state index in [1.807, 2.05) is 0 Å². The summed E-state index contributed by atoms with van der Waals surface area (Å²) in [6.07, 6.45) is 2.20. The van der Waals surface area contributed by atoms with Crippen molar-refractivity contribution in [1.82, 2.24) is 15.5 Å². The average Bonchev–Trinajstić information content (AvgIpc) is 2.43. The van der Waals surface area contributed by atoms with E-state index in [-0.39, 0.29) is 11.9 Å². The second-order valence-corrected chi connectivity index (χ2v) is 4.94. The summed E-state index contributed by atoms with van der Waals surface area (Å²) < 4.78 is 0. The van der Waals surface area contributed by atoms with Gasteiger partial charge in [-0.1, -0.05) is 20.8 Å². The number of urea groups is 1. The van der Waals surface area contributed by atoms with Crippen molar-refractivity contribution < 1.29 is 14.7 Å². The van der Waals surface area contributed by atoms with Crippen molar-refractivity contribution >= 4 is 12.0 Å². The Hall–Kier alpha value is -1.30. The number of rotatable bonds is 11. The molecular weight excluding hydrogens is 258 g/mol. The number of hydrogen-bond donors (Lipinski definition) is 3. The Morgan fingerprint density at radius 2 is 1.65 bits per heavy atom. The number of carboxylic acids is 1. The Balaban J connectivity index is 3.48. The van der Waals surface area contributed by atoms with Gasteiger partial charge in [0.2, 0.25) is 0 Å². The standard InChI is InChI=1S/C14H29N3O3/c1-4-17(5-2)11-7-10-16-14(20)15-9-6-8-12(3)13(18)19/h12H,4-11H2,1-3H3,(H,18,19)(H2,15,16,20). The third kappa shape index (κ3) is 9.61. The predicted molar refractivity (Wildman–Crippen MR) is 79.8 cm³/mol. The number of carboxylic acid groups (broad SMARTS) is 1. The maximum absolute atomic E-state index is 11.5. The highest BCUT2D eigenvalue weighted by molar-refractivity contribution is 5.73. The fourth-order valence-corrected chi connectivity index (χ4v) is 1.84. The van der Waals surface area contributed by atoms with Crippen LogP contribution in [0.5, 0.6) is 0 Å². The molecule has 118 valence electrons. The number of amides is 2. The number of hydrogen-bond acceptors (Lipinski definition) is 3. The number of nitrogens with one attached hydrogen (secondary N) is 2. The second-order valence-electron chi connectivity index (χ2n) is 4.94. The van der Waals surface area contributed by atoms with E-state index in [1.54, 1.807) is 6.92 Å². The van der Waals surface area contributed by atoms with Crippen molar-refractivity contribution in [2.75, 3.05) is 32.7 Å². The lowest BCUT2D eigenvalue weighted by Gasteiger charge is -2.17. The zero-order valence-electron chi connectivity index (χ0n) is 12.9. The van der Waals surface area contributed by atoms with Crippen LogP contribution in [0.1, 0.15) is 40.0 Å². The lowest BCUT2D eigenvalue weighted by Crippen LogP contribution is -2.37. The van der Waals surface area contributed by atoms with Gasteiger partial charge < -0.3 is 20.6 Å². The summed E-state index contributed by atoms with van der Waals surface area (Å²) >= 11 is 0. The molecule has 0 aromatic heterocycles. The molecule has 0 aliphatic rings. The molecule has 0 saturated carbocycles. The first-order valence-electron chi connectivity index (χ1n) is 7.48. The van der Waals surface area contributed by atoms with Gasteiger partial charge in [-0.3, -0.25) is 4.79 Å². The number of aliphatic carboxylic acids is 1. The minimum atomic E-state index is -0.786. The second kappa shape index (κ2) is 11.5. The molecule has 3 N–H and O–H groups in total. The lowest BCUT2D eigenvalue weighted by atomic mass is 10.1. The summed E-state index contributed by atoms with van der Waals surface area (Å²) in [5.41, 5.74) is 0. The van der Waals surface area contributed by atoms with E-state index in [0.29, 0.717) is 25.9 Å². The van der Waals surface area contributed by atoms with Gasteiger partial charge in [0, 0.05) is 13.1 Å². The molecule has 0 rings (SSSR count). The third-order valence-electron chi connectivity index (χ3n) is 3.35. The van der Waals surface area contributed by atoms with Crippen molar-refractivity contribution in [3.63, 3.8) is 0 Å². The molecule has 20 heavy (non-hydrogen) atoms. The largest absolute Gasteiger partial charge is 0.481 e. The molecule has 0 radical (unpaired) electrons. The fourth-order valence-electron chi connectivity index (χ4n) is 1.84. The molecule has 6 nitrogen and oxygen atoms in total. The quantitative estimate of drug-likeness (QED) is 0.503. The van der Waals surface area contributed by atoms with Crippen molar-refractivity contribution in [3.8, 4) is 0 Å². The summed E-state index contributed by atoms with van der Waals surface area (Å²) in [7, 11) is 0. The average molecular weight is 287 g/mol. The molecule has 0 aromatic carbocycles. The van der Waals surface area contributed by atoms with E-state index < -0.39 is 5.97 Å². The summed E-state index contributed by atoms with van der Waals surface area (Å²) in [6.45, 7) is 10.2. The van der Waals surface area contributed by atoms with E-state index >= 15 is 0 Å². The Labute approximate surface area is 121 Å². The van der Waals surface area contributed by atoms with Crippen LogP contribution in [-0.2, 0) is 4.79 Å². The smallest absolute Gasteiger partial charge is 0.314 e. The number of carbonyl (C=O) groups is 2. The van der Waals surface area contributed by atoms with Gasteiger partial charge in [-0.25, -0.2) is 4.79 Å². The summed E-state index contributed by atoms with van der Waals surface area (Å²) in [5.74, 6) is -1.14. The minimum absolute atomic E-state index is 0.174. The normalized spacial score (nSPS) is 12.2. The molecule has 6 heteroatoms. The Morgan fingerprint density at radius 3 is 2.15 bits per heavy atom. The van der Waals surface area contributed by atoms with Gasteiger partial charge in [0.05, 0.1) is 5.92 Å². The highest BCUT2D eigenvalue weighted by Crippen LogP contribution is 2.03. The van der Waals surface area contributed by atoms with Gasteiger partial charge in [0.25, 0.3) is 0 Å². The topological polar surface area (TPSA) is 81.7 Å². The molecule has 0 saturated heterocycles. The van der Waals surface area contributed by atoms with Crippen LogP contribution in [0.2, 0.25) is 0 Å². The lowest BCUT2D eigenvalue weighted by molar-refractivity contribution is -0.141. The first kappa shape index (κ1) is 18.7. The molecule has 0 aliphatic heterocycles. The fraction of sp³-hybridized carbons (Fsp3) is 0.857. The van der Waals surface area contributed by atoms with Gasteiger partial charge in [-0.05, 0) is 38.9 Å². The van der Waals surface area contributed by atoms with Crippen LogP contribution < -0.4 is 10.6 Å². The van der Waals surface area contributed by atoms with E-state index in [9.17, 15) is 9.59 Å². The van der Waals surface area contributed by atoms with Crippen LogP contribution in [0.25, 0.3) is 0 Å². The highest BCUT2D eigenvalue weighted by atomic mass is 16.4. The highest BCUT2D eigenvalue weighted by Gasteiger charge is 2.09. The molecule has 0 fully saturated rings. The summed E-state index contributed by atoms with van der Waals surface area (Å²) in [4.78, 5) is 24.4. The molecule has 0 aromatic rings. The van der Waals surface area contributed by atoms with Gasteiger partial charge in [-0.2, -0.15) is 0 Å². The molecule has 0 heterocycles. The minimum Gasteiger partial charge on any atom is -0.481 e. The SMILES string of the molecule is CCN(CC)CCCNC(=O)NCCCC(C)C(=O)O. The third-order valence-corrected chi connectivity index (χ3v) is 3.35. The van der Waals surface area contributed by atoms with Gasteiger partial charge in [-0.15, -0.1) is 0 Å².